The highest BCUT2D eigenvalue weighted by molar-refractivity contribution is 7.09. The minimum absolute atomic E-state index is 0.0474. The van der Waals surface area contributed by atoms with Gasteiger partial charge in [0.1, 0.15) is 23.3 Å². The Morgan fingerprint density at radius 3 is 2.55 bits per heavy atom. The number of thiophene rings is 1. The van der Waals surface area contributed by atoms with Crippen LogP contribution in [0.25, 0.3) is 16.5 Å². The summed E-state index contributed by atoms with van der Waals surface area (Å²) < 4.78 is 5.81. The predicted molar refractivity (Wildman–Crippen MR) is 120 cm³/mol. The number of rotatable bonds is 4. The number of likely N-dealkylation sites (tertiary alicyclic amines) is 1. The fourth-order valence-corrected chi connectivity index (χ4v) is 4.70. The summed E-state index contributed by atoms with van der Waals surface area (Å²) in [5.41, 5.74) is 0.535. The lowest BCUT2D eigenvalue weighted by Crippen LogP contribution is -2.28. The van der Waals surface area contributed by atoms with Gasteiger partial charge in [0, 0.05) is 10.4 Å². The summed E-state index contributed by atoms with van der Waals surface area (Å²) in [7, 11) is 0. The maximum atomic E-state index is 13.1. The van der Waals surface area contributed by atoms with Crippen molar-refractivity contribution in [2.45, 2.75) is 19.5 Å². The Morgan fingerprint density at radius 1 is 1.03 bits per heavy atom. The van der Waals surface area contributed by atoms with Crippen molar-refractivity contribution in [2.24, 2.45) is 0 Å². The summed E-state index contributed by atoms with van der Waals surface area (Å²) in [4.78, 5) is 28.5. The van der Waals surface area contributed by atoms with Gasteiger partial charge in [-0.2, -0.15) is 0 Å². The molecule has 154 valence electrons. The van der Waals surface area contributed by atoms with E-state index in [1.54, 1.807) is 25.1 Å². The van der Waals surface area contributed by atoms with Gasteiger partial charge in [-0.1, -0.05) is 42.5 Å². The number of carbonyl (C=O) groups excluding carboxylic acids is 2. The van der Waals surface area contributed by atoms with E-state index in [0.717, 1.165) is 15.6 Å². The molecule has 1 unspecified atom stereocenters. The summed E-state index contributed by atoms with van der Waals surface area (Å²) in [5, 5.41) is 15.1. The Bertz CT molecular complexity index is 1330. The van der Waals surface area contributed by atoms with E-state index in [1.165, 1.54) is 16.2 Å². The van der Waals surface area contributed by atoms with Gasteiger partial charge >= 0.3 is 0 Å². The molecule has 1 aliphatic heterocycles. The SMILES string of the molecule is Cc1ccc(C2/C(=C(/O)c3ccc4ccccc4c3)C(=O)C(=O)N2Cc2cccs2)o1. The first kappa shape index (κ1) is 19.3. The quantitative estimate of drug-likeness (QED) is 0.267. The van der Waals surface area contributed by atoms with E-state index in [4.69, 9.17) is 4.42 Å². The van der Waals surface area contributed by atoms with Crippen molar-refractivity contribution >= 4 is 39.6 Å². The summed E-state index contributed by atoms with van der Waals surface area (Å²) in [6, 6.07) is 19.8. The third-order valence-electron chi connectivity index (χ3n) is 5.50. The molecular weight excluding hydrogens is 410 g/mol. The van der Waals surface area contributed by atoms with Crippen molar-refractivity contribution in [1.29, 1.82) is 0 Å². The smallest absolute Gasteiger partial charge is 0.296 e. The Labute approximate surface area is 182 Å². The molecule has 1 saturated heterocycles. The second-order valence-corrected chi connectivity index (χ2v) is 8.55. The predicted octanol–water partition coefficient (Wildman–Crippen LogP) is 5.42. The van der Waals surface area contributed by atoms with Gasteiger partial charge in [0.25, 0.3) is 11.7 Å². The van der Waals surface area contributed by atoms with Crippen LogP contribution in [0.3, 0.4) is 0 Å². The monoisotopic (exact) mass is 429 g/mol. The van der Waals surface area contributed by atoms with Crippen LogP contribution in [0.15, 0.2) is 82.1 Å². The minimum Gasteiger partial charge on any atom is -0.507 e. The zero-order valence-corrected chi connectivity index (χ0v) is 17.6. The zero-order chi connectivity index (χ0) is 21.5. The fraction of sp³-hybridized carbons (Fsp3) is 0.120. The van der Waals surface area contributed by atoms with Gasteiger partial charge in [-0.25, -0.2) is 0 Å². The molecule has 4 aromatic rings. The lowest BCUT2D eigenvalue weighted by molar-refractivity contribution is -0.140. The maximum Gasteiger partial charge on any atom is 0.296 e. The lowest BCUT2D eigenvalue weighted by Gasteiger charge is -2.22. The molecule has 0 spiro atoms. The number of hydrogen-bond donors (Lipinski definition) is 1. The second-order valence-electron chi connectivity index (χ2n) is 7.52. The molecule has 1 amide bonds. The van der Waals surface area contributed by atoms with E-state index in [9.17, 15) is 14.7 Å². The fourth-order valence-electron chi connectivity index (χ4n) is 4.00. The van der Waals surface area contributed by atoms with Gasteiger partial charge in [0.05, 0.1) is 12.1 Å². The first-order valence-electron chi connectivity index (χ1n) is 9.89. The second kappa shape index (κ2) is 7.56. The largest absolute Gasteiger partial charge is 0.507 e. The highest BCUT2D eigenvalue weighted by Crippen LogP contribution is 2.41. The van der Waals surface area contributed by atoms with E-state index in [0.29, 0.717) is 17.1 Å². The number of benzene rings is 2. The van der Waals surface area contributed by atoms with Gasteiger partial charge in [-0.3, -0.25) is 9.59 Å². The molecule has 2 aromatic heterocycles. The van der Waals surface area contributed by atoms with Crippen LogP contribution >= 0.6 is 11.3 Å². The molecule has 5 rings (SSSR count). The Kier molecular flexibility index (Phi) is 4.71. The van der Waals surface area contributed by atoms with E-state index < -0.39 is 17.7 Å². The summed E-state index contributed by atoms with van der Waals surface area (Å²) in [5.74, 6) is -0.425. The van der Waals surface area contributed by atoms with Crippen LogP contribution in [0.2, 0.25) is 0 Å². The highest BCUT2D eigenvalue weighted by Gasteiger charge is 2.47. The Balaban J connectivity index is 1.66. The molecule has 1 aliphatic rings. The molecule has 1 atom stereocenters. The number of amides is 1. The average molecular weight is 429 g/mol. The van der Waals surface area contributed by atoms with Crippen molar-refractivity contribution in [2.75, 3.05) is 0 Å². The first-order chi connectivity index (χ1) is 15.0. The van der Waals surface area contributed by atoms with Crippen molar-refractivity contribution in [3.8, 4) is 0 Å². The number of nitrogens with zero attached hydrogens (tertiary/aromatic N) is 1. The van der Waals surface area contributed by atoms with Gasteiger partial charge in [-0.15, -0.1) is 11.3 Å². The number of carbonyl (C=O) groups is 2. The van der Waals surface area contributed by atoms with Crippen molar-refractivity contribution < 1.29 is 19.1 Å². The number of hydrogen-bond acceptors (Lipinski definition) is 5. The summed E-state index contributed by atoms with van der Waals surface area (Å²) >= 11 is 1.51. The molecule has 6 heteroatoms. The number of aliphatic hydroxyl groups excluding tert-OH is 1. The molecule has 1 fully saturated rings. The van der Waals surface area contributed by atoms with E-state index >= 15 is 0 Å². The van der Waals surface area contributed by atoms with Crippen molar-refractivity contribution in [3.63, 3.8) is 0 Å². The normalized spacial score (nSPS) is 18.2. The number of ketones is 1. The summed E-state index contributed by atoms with van der Waals surface area (Å²) in [6.07, 6.45) is 0. The maximum absolute atomic E-state index is 13.1. The van der Waals surface area contributed by atoms with Crippen LogP contribution in [-0.2, 0) is 16.1 Å². The molecule has 5 nitrogen and oxygen atoms in total. The highest BCUT2D eigenvalue weighted by atomic mass is 32.1. The van der Waals surface area contributed by atoms with E-state index in [1.807, 2.05) is 53.9 Å². The standard InChI is InChI=1S/C25H19NO4S/c1-15-8-11-20(30-15)22-21(24(28)25(29)26(22)14-19-7-4-12-31-19)23(27)18-10-9-16-5-2-3-6-17(16)13-18/h2-13,22,27H,14H2,1H3/b23-21-. The number of aliphatic hydroxyl groups is 1. The van der Waals surface area contributed by atoms with Crippen molar-refractivity contribution in [3.05, 3.63) is 99.6 Å². The molecule has 0 radical (unpaired) electrons. The van der Waals surface area contributed by atoms with Gasteiger partial charge < -0.3 is 14.4 Å². The number of aryl methyl sites for hydroxylation is 1. The first-order valence-corrected chi connectivity index (χ1v) is 10.8. The minimum atomic E-state index is -0.790. The lowest BCUT2D eigenvalue weighted by atomic mass is 9.97. The Morgan fingerprint density at radius 2 is 1.84 bits per heavy atom. The molecule has 0 bridgehead atoms. The van der Waals surface area contributed by atoms with Crippen LogP contribution in [0.5, 0.6) is 0 Å². The van der Waals surface area contributed by atoms with Crippen LogP contribution in [0.1, 0.15) is 28.0 Å². The molecule has 0 aliphatic carbocycles. The number of furan rings is 1. The van der Waals surface area contributed by atoms with Crippen LogP contribution in [0.4, 0.5) is 0 Å². The van der Waals surface area contributed by atoms with E-state index in [2.05, 4.69) is 0 Å². The number of Topliss-reactive ketones (excluding diaryl/α,β-unsaturated/α-hetero) is 1. The molecule has 2 aromatic carbocycles. The zero-order valence-electron chi connectivity index (χ0n) is 16.7. The van der Waals surface area contributed by atoms with Crippen LogP contribution in [-0.4, -0.2) is 21.7 Å². The third-order valence-corrected chi connectivity index (χ3v) is 6.36. The molecule has 1 N–H and O–H groups in total. The van der Waals surface area contributed by atoms with E-state index in [-0.39, 0.29) is 17.9 Å². The topological polar surface area (TPSA) is 70.8 Å². The molecule has 31 heavy (non-hydrogen) atoms. The number of fused-ring (bicyclic) bond motifs is 1. The molecular formula is C25H19NO4S. The summed E-state index contributed by atoms with van der Waals surface area (Å²) in [6.45, 7) is 2.07. The average Bonchev–Trinajstić information content (AvgIpc) is 3.50. The molecule has 3 heterocycles. The molecule has 0 saturated carbocycles. The van der Waals surface area contributed by atoms with Gasteiger partial charge in [-0.05, 0) is 47.3 Å². The van der Waals surface area contributed by atoms with Gasteiger partial charge in [0.15, 0.2) is 0 Å². The Hall–Kier alpha value is -3.64. The van der Waals surface area contributed by atoms with Crippen LogP contribution in [0, 0.1) is 6.92 Å². The van der Waals surface area contributed by atoms with Gasteiger partial charge in [0.2, 0.25) is 0 Å². The third kappa shape index (κ3) is 3.35. The van der Waals surface area contributed by atoms with Crippen LogP contribution < -0.4 is 0 Å². The van der Waals surface area contributed by atoms with Crippen molar-refractivity contribution in [1.82, 2.24) is 4.90 Å².